The molecule has 0 saturated carbocycles. The first-order valence-electron chi connectivity index (χ1n) is 6.14. The normalized spacial score (nSPS) is 12.3. The molecular formula is C15H19NO2. The molecule has 0 aliphatic heterocycles. The Hall–Kier alpha value is -1.74. The number of methoxy groups -OCH3 is 1. The zero-order chi connectivity index (χ0) is 12.8. The van der Waals surface area contributed by atoms with Crippen LogP contribution < -0.4 is 10.1 Å². The van der Waals surface area contributed by atoms with Gasteiger partial charge in [-0.3, -0.25) is 0 Å². The van der Waals surface area contributed by atoms with Crippen LogP contribution >= 0.6 is 0 Å². The maximum absolute atomic E-state index is 5.38. The van der Waals surface area contributed by atoms with E-state index in [4.69, 9.17) is 9.15 Å². The second kappa shape index (κ2) is 6.26. The molecule has 2 aromatic rings. The highest BCUT2D eigenvalue weighted by Gasteiger charge is 2.10. The van der Waals surface area contributed by atoms with E-state index < -0.39 is 0 Å². The third-order valence-corrected chi connectivity index (χ3v) is 3.05. The molecule has 1 N–H and O–H groups in total. The lowest BCUT2D eigenvalue weighted by molar-refractivity contribution is 0.413. The number of hydrogen-bond acceptors (Lipinski definition) is 3. The van der Waals surface area contributed by atoms with E-state index in [-0.39, 0.29) is 0 Å². The summed E-state index contributed by atoms with van der Waals surface area (Å²) in [6, 6.07) is 12.5. The van der Waals surface area contributed by atoms with Crippen LogP contribution in [0.1, 0.15) is 11.3 Å². The molecule has 1 unspecified atom stereocenters. The second-order valence-electron chi connectivity index (χ2n) is 4.32. The first-order chi connectivity index (χ1) is 8.81. The molecule has 96 valence electrons. The summed E-state index contributed by atoms with van der Waals surface area (Å²) in [5.41, 5.74) is 1.26. The first kappa shape index (κ1) is 12.7. The summed E-state index contributed by atoms with van der Waals surface area (Å²) >= 11 is 0. The molecule has 0 saturated heterocycles. The van der Waals surface area contributed by atoms with Gasteiger partial charge in [-0.1, -0.05) is 12.1 Å². The van der Waals surface area contributed by atoms with Crippen LogP contribution in [0.25, 0.3) is 0 Å². The number of benzene rings is 1. The van der Waals surface area contributed by atoms with E-state index in [0.717, 1.165) is 24.4 Å². The van der Waals surface area contributed by atoms with Crippen LogP contribution in [-0.4, -0.2) is 20.2 Å². The third-order valence-electron chi connectivity index (χ3n) is 3.05. The van der Waals surface area contributed by atoms with Crippen molar-refractivity contribution in [3.63, 3.8) is 0 Å². The zero-order valence-electron chi connectivity index (χ0n) is 10.8. The van der Waals surface area contributed by atoms with Gasteiger partial charge in [-0.25, -0.2) is 0 Å². The number of likely N-dealkylation sites (N-methyl/N-ethyl adjacent to an activating group) is 1. The van der Waals surface area contributed by atoms with Gasteiger partial charge in [-0.15, -0.1) is 0 Å². The minimum absolute atomic E-state index is 0.364. The third kappa shape index (κ3) is 3.37. The average Bonchev–Trinajstić information content (AvgIpc) is 2.91. The average molecular weight is 245 g/mol. The van der Waals surface area contributed by atoms with Crippen LogP contribution in [0.3, 0.4) is 0 Å². The molecule has 0 aliphatic rings. The van der Waals surface area contributed by atoms with Crippen molar-refractivity contribution in [1.82, 2.24) is 5.32 Å². The lowest BCUT2D eigenvalue weighted by Gasteiger charge is -2.15. The van der Waals surface area contributed by atoms with Gasteiger partial charge in [0.1, 0.15) is 11.5 Å². The van der Waals surface area contributed by atoms with Crippen LogP contribution in [0, 0.1) is 0 Å². The molecule has 3 heteroatoms. The van der Waals surface area contributed by atoms with Gasteiger partial charge in [0.15, 0.2) is 0 Å². The Morgan fingerprint density at radius 1 is 1.22 bits per heavy atom. The predicted molar refractivity (Wildman–Crippen MR) is 72.0 cm³/mol. The fourth-order valence-electron chi connectivity index (χ4n) is 2.03. The van der Waals surface area contributed by atoms with Crippen molar-refractivity contribution in [3.8, 4) is 5.75 Å². The van der Waals surface area contributed by atoms with Crippen molar-refractivity contribution in [1.29, 1.82) is 0 Å². The molecule has 1 aromatic heterocycles. The Kier molecular flexibility index (Phi) is 4.42. The summed E-state index contributed by atoms with van der Waals surface area (Å²) in [4.78, 5) is 0. The van der Waals surface area contributed by atoms with Crippen molar-refractivity contribution >= 4 is 0 Å². The largest absolute Gasteiger partial charge is 0.497 e. The molecule has 1 aromatic carbocycles. The molecule has 1 atom stereocenters. The SMILES string of the molecule is CNC(Cc1cccc(OC)c1)Cc1ccco1. The molecular weight excluding hydrogens is 226 g/mol. The molecule has 0 radical (unpaired) electrons. The molecule has 2 rings (SSSR count). The number of rotatable bonds is 6. The monoisotopic (exact) mass is 245 g/mol. The van der Waals surface area contributed by atoms with Crippen molar-refractivity contribution in [2.45, 2.75) is 18.9 Å². The Bertz CT molecular complexity index is 465. The number of furan rings is 1. The molecule has 0 aliphatic carbocycles. The fraction of sp³-hybridized carbons (Fsp3) is 0.333. The van der Waals surface area contributed by atoms with Gasteiger partial charge in [0.25, 0.3) is 0 Å². The molecule has 3 nitrogen and oxygen atoms in total. The van der Waals surface area contributed by atoms with Crippen molar-refractivity contribution in [3.05, 3.63) is 54.0 Å². The Balaban J connectivity index is 2.00. The summed E-state index contributed by atoms with van der Waals surface area (Å²) in [6.45, 7) is 0. The fourth-order valence-corrected chi connectivity index (χ4v) is 2.03. The van der Waals surface area contributed by atoms with E-state index in [1.165, 1.54) is 5.56 Å². The van der Waals surface area contributed by atoms with Gasteiger partial charge in [-0.05, 0) is 43.3 Å². The highest BCUT2D eigenvalue weighted by Crippen LogP contribution is 2.15. The lowest BCUT2D eigenvalue weighted by Crippen LogP contribution is -2.29. The lowest BCUT2D eigenvalue weighted by atomic mass is 10.0. The van der Waals surface area contributed by atoms with Gasteiger partial charge in [0.2, 0.25) is 0 Å². The van der Waals surface area contributed by atoms with E-state index >= 15 is 0 Å². The summed E-state index contributed by atoms with van der Waals surface area (Å²) < 4.78 is 10.6. The van der Waals surface area contributed by atoms with Crippen LogP contribution in [0.4, 0.5) is 0 Å². The Morgan fingerprint density at radius 2 is 2.11 bits per heavy atom. The Morgan fingerprint density at radius 3 is 2.78 bits per heavy atom. The molecule has 0 fully saturated rings. The molecule has 18 heavy (non-hydrogen) atoms. The van der Waals surface area contributed by atoms with E-state index in [0.29, 0.717) is 6.04 Å². The summed E-state index contributed by atoms with van der Waals surface area (Å²) in [7, 11) is 3.67. The van der Waals surface area contributed by atoms with Crippen LogP contribution in [0.15, 0.2) is 47.1 Å². The number of ether oxygens (including phenoxy) is 1. The van der Waals surface area contributed by atoms with Crippen molar-refractivity contribution in [2.75, 3.05) is 14.2 Å². The maximum atomic E-state index is 5.38. The highest BCUT2D eigenvalue weighted by atomic mass is 16.5. The minimum Gasteiger partial charge on any atom is -0.497 e. The van der Waals surface area contributed by atoms with Gasteiger partial charge >= 0.3 is 0 Å². The van der Waals surface area contributed by atoms with Crippen molar-refractivity contribution < 1.29 is 9.15 Å². The zero-order valence-corrected chi connectivity index (χ0v) is 10.8. The first-order valence-corrected chi connectivity index (χ1v) is 6.14. The van der Waals surface area contributed by atoms with E-state index in [1.807, 2.05) is 31.3 Å². The van der Waals surface area contributed by atoms with E-state index in [9.17, 15) is 0 Å². The molecule has 1 heterocycles. The molecule has 0 bridgehead atoms. The molecule has 0 spiro atoms. The second-order valence-corrected chi connectivity index (χ2v) is 4.32. The predicted octanol–water partition coefficient (Wildman–Crippen LogP) is 2.66. The Labute approximate surface area is 108 Å². The van der Waals surface area contributed by atoms with E-state index in [1.54, 1.807) is 13.4 Å². The summed E-state index contributed by atoms with van der Waals surface area (Å²) in [6.07, 6.45) is 3.56. The minimum atomic E-state index is 0.364. The smallest absolute Gasteiger partial charge is 0.119 e. The van der Waals surface area contributed by atoms with Crippen LogP contribution in [0.5, 0.6) is 5.75 Å². The van der Waals surface area contributed by atoms with Gasteiger partial charge in [0.05, 0.1) is 13.4 Å². The van der Waals surface area contributed by atoms with Gasteiger partial charge in [0, 0.05) is 12.5 Å². The summed E-state index contributed by atoms with van der Waals surface area (Å²) in [5, 5.41) is 3.33. The van der Waals surface area contributed by atoms with Crippen LogP contribution in [-0.2, 0) is 12.8 Å². The quantitative estimate of drug-likeness (QED) is 0.849. The van der Waals surface area contributed by atoms with Crippen molar-refractivity contribution in [2.24, 2.45) is 0 Å². The highest BCUT2D eigenvalue weighted by molar-refractivity contribution is 5.29. The number of hydrogen-bond donors (Lipinski definition) is 1. The van der Waals surface area contributed by atoms with Gasteiger partial charge in [-0.2, -0.15) is 0 Å². The standard InChI is InChI=1S/C15H19NO2/c1-16-13(11-15-7-4-8-18-15)9-12-5-3-6-14(10-12)17-2/h3-8,10,13,16H,9,11H2,1-2H3. The molecule has 0 amide bonds. The maximum Gasteiger partial charge on any atom is 0.119 e. The van der Waals surface area contributed by atoms with Crippen LogP contribution in [0.2, 0.25) is 0 Å². The van der Waals surface area contributed by atoms with E-state index in [2.05, 4.69) is 17.4 Å². The summed E-state index contributed by atoms with van der Waals surface area (Å²) in [5.74, 6) is 1.91. The van der Waals surface area contributed by atoms with Gasteiger partial charge < -0.3 is 14.5 Å². The number of nitrogens with one attached hydrogen (secondary N) is 1. The topological polar surface area (TPSA) is 34.4 Å².